The molecule has 10 heteroatoms. The van der Waals surface area contributed by atoms with Gasteiger partial charge in [-0.2, -0.15) is 0 Å². The first-order valence-electron chi connectivity index (χ1n) is 35.3. The Morgan fingerprint density at radius 1 is 0.375 bits per heavy atom. The number of unbranched alkanes of at least 4 members (excludes halogenated alkanes) is 51. The van der Waals surface area contributed by atoms with Gasteiger partial charge in [0.15, 0.2) is 6.10 Å². The van der Waals surface area contributed by atoms with Crippen LogP contribution < -0.4 is 5.73 Å². The second-order valence-electron chi connectivity index (χ2n) is 24.1. The fraction of sp³-hybridized carbons (Fsp3) is 0.914. The molecule has 2 unspecified atom stereocenters. The number of allylic oxidation sites excluding steroid dienone is 4. The van der Waals surface area contributed by atoms with Gasteiger partial charge in [-0.15, -0.1) is 0 Å². The molecule has 0 saturated carbocycles. The third-order valence-electron chi connectivity index (χ3n) is 16.1. The molecule has 474 valence electrons. The molecule has 0 aromatic rings. The second-order valence-corrected chi connectivity index (χ2v) is 25.6. The first kappa shape index (κ1) is 78.5. The summed E-state index contributed by atoms with van der Waals surface area (Å²) in [5, 5.41) is 0. The Balaban J connectivity index is 3.71. The second kappa shape index (κ2) is 66.6. The van der Waals surface area contributed by atoms with Crippen LogP contribution in [0.15, 0.2) is 24.3 Å². The molecule has 80 heavy (non-hydrogen) atoms. The van der Waals surface area contributed by atoms with Crippen molar-refractivity contribution in [1.82, 2.24) is 0 Å². The van der Waals surface area contributed by atoms with E-state index in [0.717, 1.165) is 38.5 Å². The number of rotatable bonds is 68. The zero-order valence-electron chi connectivity index (χ0n) is 53.3. The van der Waals surface area contributed by atoms with Crippen molar-refractivity contribution in [3.05, 3.63) is 24.3 Å². The fourth-order valence-corrected chi connectivity index (χ4v) is 11.6. The van der Waals surface area contributed by atoms with Gasteiger partial charge in [-0.25, -0.2) is 4.57 Å². The smallest absolute Gasteiger partial charge is 0.462 e. The van der Waals surface area contributed by atoms with Gasteiger partial charge in [-0.3, -0.25) is 18.6 Å². The van der Waals surface area contributed by atoms with Crippen LogP contribution in [0.2, 0.25) is 0 Å². The molecule has 0 aromatic carbocycles. The van der Waals surface area contributed by atoms with Gasteiger partial charge in [0.25, 0.3) is 0 Å². The first-order chi connectivity index (χ1) is 39.3. The summed E-state index contributed by atoms with van der Waals surface area (Å²) in [6.45, 7) is 3.81. The van der Waals surface area contributed by atoms with Crippen molar-refractivity contribution < 1.29 is 37.6 Å². The minimum atomic E-state index is -4.38. The number of nitrogens with two attached hydrogens (primary N) is 1. The molecule has 0 fully saturated rings. The predicted molar refractivity (Wildman–Crippen MR) is 344 cm³/mol. The molecule has 0 rings (SSSR count). The quantitative estimate of drug-likeness (QED) is 0.0264. The van der Waals surface area contributed by atoms with E-state index in [1.807, 2.05) is 0 Å². The lowest BCUT2D eigenvalue weighted by Gasteiger charge is -2.19. The van der Waals surface area contributed by atoms with Gasteiger partial charge in [0.2, 0.25) is 0 Å². The lowest BCUT2D eigenvalue weighted by atomic mass is 10.0. The standard InChI is InChI=1S/C70H136NO8P/c1-3-5-7-9-11-13-15-17-19-21-23-24-25-26-27-28-29-30-31-32-33-34-35-36-37-38-39-40-41-42-43-44-45-47-49-51-53-55-57-59-61-63-70(73)79-68(67-78-80(74,75)77-65-64-71)66-76-69(72)62-60-58-56-54-52-50-48-46-22-20-18-16-14-12-10-8-6-4-2/h15,17,21,23,68H,3-14,16,18-20,22,24-67,71H2,1-2H3,(H,74,75)/b17-15-,23-21-. The summed E-state index contributed by atoms with van der Waals surface area (Å²) in [5.74, 6) is -0.802. The Hall–Kier alpha value is -1.51. The molecule has 0 aliphatic carbocycles. The van der Waals surface area contributed by atoms with Crippen LogP contribution in [0.5, 0.6) is 0 Å². The van der Waals surface area contributed by atoms with Gasteiger partial charge in [0.05, 0.1) is 13.2 Å². The lowest BCUT2D eigenvalue weighted by molar-refractivity contribution is -0.161. The molecule has 0 aliphatic rings. The summed E-state index contributed by atoms with van der Waals surface area (Å²) in [7, 11) is -4.38. The van der Waals surface area contributed by atoms with Crippen molar-refractivity contribution in [2.45, 2.75) is 386 Å². The van der Waals surface area contributed by atoms with Gasteiger partial charge in [-0.1, -0.05) is 346 Å². The highest BCUT2D eigenvalue weighted by Crippen LogP contribution is 2.43. The van der Waals surface area contributed by atoms with E-state index in [1.165, 1.54) is 308 Å². The summed E-state index contributed by atoms with van der Waals surface area (Å²) < 4.78 is 33.1. The number of ether oxygens (including phenoxy) is 2. The summed E-state index contributed by atoms with van der Waals surface area (Å²) >= 11 is 0. The molecular formula is C70H136NO8P. The van der Waals surface area contributed by atoms with Gasteiger partial charge in [0, 0.05) is 19.4 Å². The Bertz CT molecular complexity index is 1360. The van der Waals surface area contributed by atoms with Crippen molar-refractivity contribution in [2.24, 2.45) is 5.73 Å². The number of carbonyl (C=O) groups excluding carboxylic acids is 2. The van der Waals surface area contributed by atoms with Crippen molar-refractivity contribution in [2.75, 3.05) is 26.4 Å². The molecule has 0 saturated heterocycles. The van der Waals surface area contributed by atoms with E-state index in [9.17, 15) is 19.0 Å². The zero-order valence-corrected chi connectivity index (χ0v) is 54.2. The van der Waals surface area contributed by atoms with Crippen LogP contribution in [0.25, 0.3) is 0 Å². The van der Waals surface area contributed by atoms with E-state index in [2.05, 4.69) is 38.2 Å². The van der Waals surface area contributed by atoms with Crippen LogP contribution in [0.1, 0.15) is 380 Å². The molecule has 0 spiro atoms. The Labute approximate surface area is 497 Å². The third kappa shape index (κ3) is 65.6. The highest BCUT2D eigenvalue weighted by molar-refractivity contribution is 7.47. The largest absolute Gasteiger partial charge is 0.472 e. The van der Waals surface area contributed by atoms with Gasteiger partial charge in [-0.05, 0) is 44.9 Å². The minimum absolute atomic E-state index is 0.0576. The normalized spacial score (nSPS) is 13.0. The lowest BCUT2D eigenvalue weighted by Crippen LogP contribution is -2.29. The van der Waals surface area contributed by atoms with Crippen molar-refractivity contribution in [3.8, 4) is 0 Å². The molecule has 0 aromatic heterocycles. The molecular weight excluding hydrogens is 1010 g/mol. The van der Waals surface area contributed by atoms with Crippen LogP contribution in [0.3, 0.4) is 0 Å². The number of carbonyl (C=O) groups is 2. The number of phosphoric ester groups is 1. The highest BCUT2D eigenvalue weighted by atomic mass is 31.2. The third-order valence-corrected chi connectivity index (χ3v) is 17.1. The summed E-state index contributed by atoms with van der Waals surface area (Å²) in [6.07, 6.45) is 81.5. The van der Waals surface area contributed by atoms with E-state index in [0.29, 0.717) is 6.42 Å². The monoisotopic (exact) mass is 1150 g/mol. The molecule has 0 radical (unpaired) electrons. The number of hydrogen-bond acceptors (Lipinski definition) is 8. The van der Waals surface area contributed by atoms with E-state index >= 15 is 0 Å². The summed E-state index contributed by atoms with van der Waals surface area (Å²) in [5.41, 5.74) is 5.40. The number of phosphoric acid groups is 1. The Morgan fingerprint density at radius 2 is 0.650 bits per heavy atom. The summed E-state index contributed by atoms with van der Waals surface area (Å²) in [6, 6.07) is 0. The maximum Gasteiger partial charge on any atom is 0.472 e. The maximum atomic E-state index is 12.7. The average molecular weight is 1150 g/mol. The number of hydrogen-bond donors (Lipinski definition) is 2. The molecule has 3 N–H and O–H groups in total. The molecule has 0 bridgehead atoms. The van der Waals surface area contributed by atoms with Crippen molar-refractivity contribution in [1.29, 1.82) is 0 Å². The summed E-state index contributed by atoms with van der Waals surface area (Å²) in [4.78, 5) is 35.3. The fourth-order valence-electron chi connectivity index (χ4n) is 10.8. The van der Waals surface area contributed by atoms with Crippen LogP contribution in [-0.2, 0) is 32.7 Å². The SMILES string of the molecule is CCCCCCC/C=C\C/C=C\CCCCCCCCCCCCCCCCCCCCCCCCCCCCCCCC(=O)OC(COC(=O)CCCCCCCCCCCCCCCCCCCC)COP(=O)(O)OCCN. The van der Waals surface area contributed by atoms with Crippen LogP contribution in [0.4, 0.5) is 0 Å². The maximum absolute atomic E-state index is 12.7. The van der Waals surface area contributed by atoms with Crippen LogP contribution in [-0.4, -0.2) is 49.3 Å². The predicted octanol–water partition coefficient (Wildman–Crippen LogP) is 22.9. The van der Waals surface area contributed by atoms with Crippen molar-refractivity contribution in [3.63, 3.8) is 0 Å². The Morgan fingerprint density at radius 3 is 0.950 bits per heavy atom. The molecule has 0 heterocycles. The molecule has 0 aliphatic heterocycles. The van der Waals surface area contributed by atoms with Gasteiger partial charge >= 0.3 is 19.8 Å². The van der Waals surface area contributed by atoms with E-state index in [4.69, 9.17) is 24.3 Å². The zero-order chi connectivity index (χ0) is 58.0. The van der Waals surface area contributed by atoms with E-state index < -0.39 is 26.5 Å². The Kier molecular flexibility index (Phi) is 65.4. The van der Waals surface area contributed by atoms with Crippen LogP contribution >= 0.6 is 7.82 Å². The van der Waals surface area contributed by atoms with Gasteiger partial charge in [0.1, 0.15) is 6.61 Å². The molecule has 0 amide bonds. The van der Waals surface area contributed by atoms with E-state index in [-0.39, 0.29) is 38.6 Å². The van der Waals surface area contributed by atoms with Crippen molar-refractivity contribution >= 4 is 19.8 Å². The molecule has 2 atom stereocenters. The van der Waals surface area contributed by atoms with Gasteiger partial charge < -0.3 is 20.1 Å². The molecule has 9 nitrogen and oxygen atoms in total. The minimum Gasteiger partial charge on any atom is -0.462 e. The van der Waals surface area contributed by atoms with Crippen LogP contribution in [0, 0.1) is 0 Å². The first-order valence-corrected chi connectivity index (χ1v) is 36.8. The topological polar surface area (TPSA) is 134 Å². The average Bonchev–Trinajstić information content (AvgIpc) is 3.45. The van der Waals surface area contributed by atoms with E-state index in [1.54, 1.807) is 0 Å². The highest BCUT2D eigenvalue weighted by Gasteiger charge is 2.26. The number of esters is 2.